The molecule has 0 spiro atoms. The summed E-state index contributed by atoms with van der Waals surface area (Å²) in [6.07, 6.45) is 11.7. The zero-order chi connectivity index (χ0) is 21.4. The second-order valence-corrected chi connectivity index (χ2v) is 11.8. The van der Waals surface area contributed by atoms with Gasteiger partial charge in [0.1, 0.15) is 0 Å². The molecule has 1 heterocycles. The molecule has 4 aliphatic rings. The lowest BCUT2D eigenvalue weighted by Crippen LogP contribution is -2.56. The van der Waals surface area contributed by atoms with Gasteiger partial charge >= 0.3 is 0 Å². The first kappa shape index (κ1) is 19.9. The van der Waals surface area contributed by atoms with Crippen LogP contribution in [0.4, 0.5) is 0 Å². The number of nitrogens with zero attached hydrogens (tertiary/aromatic N) is 2. The molecule has 3 nitrogen and oxygen atoms in total. The summed E-state index contributed by atoms with van der Waals surface area (Å²) >= 11 is 0. The van der Waals surface area contributed by atoms with E-state index in [1.165, 1.54) is 43.4 Å². The van der Waals surface area contributed by atoms with Crippen LogP contribution in [0.15, 0.2) is 36.5 Å². The Labute approximate surface area is 186 Å². The molecule has 0 unspecified atom stereocenters. The van der Waals surface area contributed by atoms with E-state index in [1.54, 1.807) is 0 Å². The third kappa shape index (κ3) is 2.74. The molecule has 164 valence electrons. The van der Waals surface area contributed by atoms with Crippen LogP contribution in [-0.2, 0) is 12.8 Å². The van der Waals surface area contributed by atoms with Crippen molar-refractivity contribution in [3.63, 3.8) is 0 Å². The van der Waals surface area contributed by atoms with Crippen LogP contribution in [0.2, 0.25) is 0 Å². The van der Waals surface area contributed by atoms with Gasteiger partial charge in [-0.05, 0) is 98.4 Å². The lowest BCUT2D eigenvalue weighted by atomic mass is 9.44. The van der Waals surface area contributed by atoms with Gasteiger partial charge in [-0.1, -0.05) is 44.2 Å². The summed E-state index contributed by atoms with van der Waals surface area (Å²) in [4.78, 5) is 9.82. The number of aliphatic hydroxyl groups is 1. The minimum Gasteiger partial charge on any atom is -0.390 e. The highest BCUT2D eigenvalue weighted by molar-refractivity contribution is 5.55. The zero-order valence-corrected chi connectivity index (χ0v) is 19.3. The SMILES string of the molecule is C[C@]12Cc3cnc(-c4ccccc4)nc3C[C@@H]1CC[C@H]1[C@H]2CC[C@@]2(C)[C@H]1CC[C@]2(C)O. The first-order chi connectivity index (χ1) is 14.8. The molecule has 0 amide bonds. The predicted molar refractivity (Wildman–Crippen MR) is 123 cm³/mol. The minimum atomic E-state index is -0.485. The number of fused-ring (bicyclic) bond motifs is 6. The van der Waals surface area contributed by atoms with Gasteiger partial charge < -0.3 is 5.11 Å². The van der Waals surface area contributed by atoms with Crippen molar-refractivity contribution in [1.82, 2.24) is 9.97 Å². The fraction of sp³-hybridized carbons (Fsp3) is 0.643. The summed E-state index contributed by atoms with van der Waals surface area (Å²) < 4.78 is 0. The summed E-state index contributed by atoms with van der Waals surface area (Å²) in [5.74, 6) is 3.85. The lowest BCUT2D eigenvalue weighted by molar-refractivity contribution is -0.139. The minimum absolute atomic E-state index is 0.109. The predicted octanol–water partition coefficient (Wildman–Crippen LogP) is 5.85. The van der Waals surface area contributed by atoms with Gasteiger partial charge in [0.15, 0.2) is 5.82 Å². The van der Waals surface area contributed by atoms with Crippen LogP contribution in [0.5, 0.6) is 0 Å². The molecule has 3 fully saturated rings. The molecule has 31 heavy (non-hydrogen) atoms. The molecule has 2 aromatic rings. The van der Waals surface area contributed by atoms with Gasteiger partial charge in [0.05, 0.1) is 5.60 Å². The molecule has 0 bridgehead atoms. The Hall–Kier alpha value is -1.74. The Morgan fingerprint density at radius 3 is 2.52 bits per heavy atom. The maximum absolute atomic E-state index is 11.2. The molecule has 7 atom stereocenters. The van der Waals surface area contributed by atoms with E-state index in [0.717, 1.165) is 48.4 Å². The molecule has 1 N–H and O–H groups in total. The maximum Gasteiger partial charge on any atom is 0.159 e. The van der Waals surface area contributed by atoms with Gasteiger partial charge in [-0.3, -0.25) is 0 Å². The van der Waals surface area contributed by atoms with Crippen LogP contribution < -0.4 is 0 Å². The van der Waals surface area contributed by atoms with Crippen LogP contribution in [0, 0.1) is 34.5 Å². The van der Waals surface area contributed by atoms with Crippen LogP contribution in [0.1, 0.15) is 70.6 Å². The highest BCUT2D eigenvalue weighted by atomic mass is 16.3. The summed E-state index contributed by atoms with van der Waals surface area (Å²) in [6, 6.07) is 10.4. The summed E-state index contributed by atoms with van der Waals surface area (Å²) in [6.45, 7) is 7.09. The Morgan fingerprint density at radius 1 is 0.935 bits per heavy atom. The van der Waals surface area contributed by atoms with E-state index in [9.17, 15) is 5.11 Å². The number of benzene rings is 1. The van der Waals surface area contributed by atoms with Crippen LogP contribution in [0.25, 0.3) is 11.4 Å². The molecule has 6 rings (SSSR count). The van der Waals surface area contributed by atoms with E-state index in [2.05, 4.69) is 51.2 Å². The van der Waals surface area contributed by atoms with E-state index >= 15 is 0 Å². The molecule has 4 aliphatic carbocycles. The first-order valence-corrected chi connectivity index (χ1v) is 12.4. The zero-order valence-electron chi connectivity index (χ0n) is 19.3. The lowest BCUT2D eigenvalue weighted by Gasteiger charge is -2.61. The van der Waals surface area contributed by atoms with Crippen LogP contribution >= 0.6 is 0 Å². The Bertz CT molecular complexity index is 1000. The van der Waals surface area contributed by atoms with Crippen molar-refractivity contribution >= 4 is 0 Å². The molecular formula is C28H36N2O. The molecule has 3 heteroatoms. The second kappa shape index (κ2) is 6.63. The largest absolute Gasteiger partial charge is 0.390 e. The maximum atomic E-state index is 11.2. The van der Waals surface area contributed by atoms with Gasteiger partial charge in [-0.25, -0.2) is 9.97 Å². The third-order valence-electron chi connectivity index (χ3n) is 10.6. The normalized spacial score (nSPS) is 43.5. The summed E-state index contributed by atoms with van der Waals surface area (Å²) in [5.41, 5.74) is 3.76. The van der Waals surface area contributed by atoms with Gasteiger partial charge in [-0.2, -0.15) is 0 Å². The standard InChI is InChI=1S/C28H36N2O/c1-26-16-19-17-29-25(18-7-5-4-6-8-18)30-24(19)15-20(26)9-10-21-22(26)11-13-27(2)23(21)12-14-28(27,3)31/h4-8,17,20-23,31H,9-16H2,1-3H3/t20-,21-,22+,23-,26-,27-,28-/m0/s1. The first-order valence-electron chi connectivity index (χ1n) is 12.4. The Balaban J connectivity index is 1.32. The van der Waals surface area contributed by atoms with E-state index in [1.807, 2.05) is 6.07 Å². The van der Waals surface area contributed by atoms with Crippen molar-refractivity contribution < 1.29 is 5.11 Å². The van der Waals surface area contributed by atoms with E-state index < -0.39 is 5.60 Å². The van der Waals surface area contributed by atoms with Gasteiger partial charge in [0, 0.05) is 17.5 Å². The molecule has 1 aromatic heterocycles. The smallest absolute Gasteiger partial charge is 0.159 e. The van der Waals surface area contributed by atoms with E-state index in [-0.39, 0.29) is 5.41 Å². The fourth-order valence-corrected chi connectivity index (χ4v) is 8.53. The van der Waals surface area contributed by atoms with E-state index in [0.29, 0.717) is 11.3 Å². The molecule has 3 saturated carbocycles. The van der Waals surface area contributed by atoms with E-state index in [4.69, 9.17) is 9.97 Å². The highest BCUT2D eigenvalue weighted by Gasteiger charge is 2.63. The fourth-order valence-electron chi connectivity index (χ4n) is 8.53. The van der Waals surface area contributed by atoms with Crippen LogP contribution in [0.3, 0.4) is 0 Å². The molecule has 0 radical (unpaired) electrons. The summed E-state index contributed by atoms with van der Waals surface area (Å²) in [7, 11) is 0. The summed E-state index contributed by atoms with van der Waals surface area (Å²) in [5, 5.41) is 11.2. The Morgan fingerprint density at radius 2 is 1.71 bits per heavy atom. The monoisotopic (exact) mass is 416 g/mol. The number of rotatable bonds is 1. The Kier molecular flexibility index (Phi) is 4.26. The highest BCUT2D eigenvalue weighted by Crippen LogP contribution is 2.67. The van der Waals surface area contributed by atoms with Crippen molar-refractivity contribution in [2.45, 2.75) is 77.7 Å². The van der Waals surface area contributed by atoms with Crippen molar-refractivity contribution in [3.8, 4) is 11.4 Å². The third-order valence-corrected chi connectivity index (χ3v) is 10.6. The average molecular weight is 417 g/mol. The second-order valence-electron chi connectivity index (χ2n) is 11.8. The number of hydrogen-bond acceptors (Lipinski definition) is 3. The topological polar surface area (TPSA) is 46.0 Å². The average Bonchev–Trinajstić information content (AvgIpc) is 3.01. The molecular weight excluding hydrogens is 380 g/mol. The van der Waals surface area contributed by atoms with Crippen molar-refractivity contribution in [3.05, 3.63) is 47.8 Å². The molecule has 0 saturated heterocycles. The van der Waals surface area contributed by atoms with Crippen molar-refractivity contribution in [1.29, 1.82) is 0 Å². The molecule has 0 aliphatic heterocycles. The van der Waals surface area contributed by atoms with Crippen molar-refractivity contribution in [2.75, 3.05) is 0 Å². The van der Waals surface area contributed by atoms with Gasteiger partial charge in [-0.15, -0.1) is 0 Å². The van der Waals surface area contributed by atoms with Gasteiger partial charge in [0.2, 0.25) is 0 Å². The van der Waals surface area contributed by atoms with Crippen LogP contribution in [-0.4, -0.2) is 20.7 Å². The van der Waals surface area contributed by atoms with Gasteiger partial charge in [0.25, 0.3) is 0 Å². The number of hydrogen-bond donors (Lipinski definition) is 1. The quantitative estimate of drug-likeness (QED) is 0.634. The molecule has 1 aromatic carbocycles. The van der Waals surface area contributed by atoms with Crippen molar-refractivity contribution in [2.24, 2.45) is 34.5 Å². The number of aromatic nitrogens is 2.